The maximum Gasteiger partial charge on any atom is 0.341 e. The van der Waals surface area contributed by atoms with Crippen molar-refractivity contribution in [3.05, 3.63) is 52.4 Å². The summed E-state index contributed by atoms with van der Waals surface area (Å²) >= 11 is 0. The maximum atomic E-state index is 11.7. The molecule has 0 unspecified atom stereocenters. The van der Waals surface area contributed by atoms with Gasteiger partial charge in [0.05, 0.1) is 7.11 Å². The quantitative estimate of drug-likeness (QED) is 0.911. The number of hydrogen-bond donors (Lipinski definition) is 1. The molecular formula is C14H13NO4. The van der Waals surface area contributed by atoms with Gasteiger partial charge in [-0.05, 0) is 12.1 Å². The third-order valence-corrected chi connectivity index (χ3v) is 2.83. The molecule has 0 bridgehead atoms. The number of carbonyl (C=O) groups is 1. The molecule has 5 nitrogen and oxygen atoms in total. The summed E-state index contributed by atoms with van der Waals surface area (Å²) in [5.74, 6) is -0.616. The van der Waals surface area contributed by atoms with Gasteiger partial charge in [0.25, 0.3) is 5.56 Å². The lowest BCUT2D eigenvalue weighted by Crippen LogP contribution is -2.23. The van der Waals surface area contributed by atoms with Crippen LogP contribution < -0.4 is 10.3 Å². The predicted molar refractivity (Wildman–Crippen MR) is 70.6 cm³/mol. The molecule has 1 aromatic heterocycles. The summed E-state index contributed by atoms with van der Waals surface area (Å²) < 4.78 is 6.49. The zero-order valence-electron chi connectivity index (χ0n) is 10.6. The van der Waals surface area contributed by atoms with Crippen LogP contribution in [-0.2, 0) is 7.05 Å². The molecule has 1 aromatic carbocycles. The maximum absolute atomic E-state index is 11.7. The first-order chi connectivity index (χ1) is 9.04. The van der Waals surface area contributed by atoms with Gasteiger partial charge in [-0.25, -0.2) is 4.79 Å². The van der Waals surface area contributed by atoms with Gasteiger partial charge in [0.1, 0.15) is 11.3 Å². The lowest BCUT2D eigenvalue weighted by atomic mass is 10.0. The van der Waals surface area contributed by atoms with Gasteiger partial charge in [-0.1, -0.05) is 18.2 Å². The van der Waals surface area contributed by atoms with Crippen LogP contribution in [0, 0.1) is 0 Å². The molecular weight excluding hydrogens is 246 g/mol. The number of benzene rings is 1. The number of aromatic carboxylic acids is 1. The molecule has 5 heteroatoms. The molecule has 0 saturated carbocycles. The third kappa shape index (κ3) is 2.35. The molecule has 0 spiro atoms. The zero-order valence-corrected chi connectivity index (χ0v) is 10.6. The van der Waals surface area contributed by atoms with Gasteiger partial charge in [-0.3, -0.25) is 4.79 Å². The number of para-hydroxylation sites is 1. The average molecular weight is 259 g/mol. The number of nitrogens with zero attached hydrogens (tertiary/aromatic N) is 1. The normalized spacial score (nSPS) is 10.2. The molecule has 0 aliphatic heterocycles. The van der Waals surface area contributed by atoms with Crippen molar-refractivity contribution < 1.29 is 14.6 Å². The van der Waals surface area contributed by atoms with Crippen molar-refractivity contribution in [2.75, 3.05) is 7.11 Å². The van der Waals surface area contributed by atoms with Gasteiger partial charge in [-0.2, -0.15) is 0 Å². The Morgan fingerprint density at radius 1 is 1.32 bits per heavy atom. The summed E-state index contributed by atoms with van der Waals surface area (Å²) in [5.41, 5.74) is 0.567. The molecule has 0 saturated heterocycles. The Kier molecular flexibility index (Phi) is 3.37. The van der Waals surface area contributed by atoms with Crippen LogP contribution >= 0.6 is 0 Å². The lowest BCUT2D eigenvalue weighted by molar-refractivity contribution is 0.0694. The molecule has 1 N–H and O–H groups in total. The highest BCUT2D eigenvalue weighted by molar-refractivity contribution is 5.89. The van der Waals surface area contributed by atoms with E-state index in [1.807, 2.05) is 18.2 Å². The van der Waals surface area contributed by atoms with Gasteiger partial charge >= 0.3 is 5.97 Å². The van der Waals surface area contributed by atoms with Gasteiger partial charge in [0.2, 0.25) is 0 Å². The van der Waals surface area contributed by atoms with Crippen molar-refractivity contribution in [1.82, 2.24) is 4.57 Å². The second-order valence-corrected chi connectivity index (χ2v) is 4.06. The monoisotopic (exact) mass is 259 g/mol. The number of aryl methyl sites for hydroxylation is 1. The number of rotatable bonds is 3. The van der Waals surface area contributed by atoms with E-state index in [0.29, 0.717) is 11.3 Å². The Morgan fingerprint density at radius 2 is 2.00 bits per heavy atom. The van der Waals surface area contributed by atoms with Crippen molar-refractivity contribution in [2.24, 2.45) is 7.05 Å². The van der Waals surface area contributed by atoms with E-state index >= 15 is 0 Å². The van der Waals surface area contributed by atoms with Crippen molar-refractivity contribution in [3.8, 4) is 16.9 Å². The Labute approximate surface area is 109 Å². The topological polar surface area (TPSA) is 68.5 Å². The zero-order chi connectivity index (χ0) is 14.0. The average Bonchev–Trinajstić information content (AvgIpc) is 2.41. The first kappa shape index (κ1) is 12.9. The van der Waals surface area contributed by atoms with Crippen LogP contribution in [0.25, 0.3) is 11.1 Å². The van der Waals surface area contributed by atoms with Crippen LogP contribution in [0.3, 0.4) is 0 Å². The number of hydrogen-bond acceptors (Lipinski definition) is 3. The SMILES string of the molecule is COc1ccccc1-c1cc(C(=O)O)c(=O)n(C)c1. The van der Waals surface area contributed by atoms with E-state index in [1.54, 1.807) is 19.4 Å². The van der Waals surface area contributed by atoms with Crippen molar-refractivity contribution in [1.29, 1.82) is 0 Å². The molecule has 0 amide bonds. The van der Waals surface area contributed by atoms with Crippen LogP contribution in [0.4, 0.5) is 0 Å². The van der Waals surface area contributed by atoms with Crippen LogP contribution in [0.15, 0.2) is 41.3 Å². The highest BCUT2D eigenvalue weighted by Crippen LogP contribution is 2.29. The minimum atomic E-state index is -1.24. The number of methoxy groups -OCH3 is 1. The van der Waals surface area contributed by atoms with E-state index in [1.165, 1.54) is 17.7 Å². The molecule has 2 rings (SSSR count). The summed E-state index contributed by atoms with van der Waals surface area (Å²) in [7, 11) is 3.06. The highest BCUT2D eigenvalue weighted by atomic mass is 16.5. The fourth-order valence-electron chi connectivity index (χ4n) is 1.90. The molecule has 0 radical (unpaired) electrons. The number of carboxylic acids is 1. The van der Waals surface area contributed by atoms with E-state index in [0.717, 1.165) is 5.56 Å². The fourth-order valence-corrected chi connectivity index (χ4v) is 1.90. The number of pyridine rings is 1. The molecule has 98 valence electrons. The van der Waals surface area contributed by atoms with Crippen LogP contribution in [0.5, 0.6) is 5.75 Å². The van der Waals surface area contributed by atoms with Gasteiger partial charge in [0.15, 0.2) is 0 Å². The van der Waals surface area contributed by atoms with Crippen LogP contribution in [0.2, 0.25) is 0 Å². The van der Waals surface area contributed by atoms with E-state index < -0.39 is 11.5 Å². The Balaban J connectivity index is 2.70. The molecule has 0 fully saturated rings. The second-order valence-electron chi connectivity index (χ2n) is 4.06. The van der Waals surface area contributed by atoms with Crippen molar-refractivity contribution >= 4 is 5.97 Å². The first-order valence-electron chi connectivity index (χ1n) is 5.62. The van der Waals surface area contributed by atoms with Gasteiger partial charge < -0.3 is 14.4 Å². The number of carboxylic acid groups (broad SMARTS) is 1. The fraction of sp³-hybridized carbons (Fsp3) is 0.143. The molecule has 0 aliphatic carbocycles. The van der Waals surface area contributed by atoms with Crippen molar-refractivity contribution in [2.45, 2.75) is 0 Å². The molecule has 2 aromatic rings. The van der Waals surface area contributed by atoms with Gasteiger partial charge in [-0.15, -0.1) is 0 Å². The minimum absolute atomic E-state index is 0.258. The molecule has 1 heterocycles. The summed E-state index contributed by atoms with van der Waals surface area (Å²) in [6.45, 7) is 0. The highest BCUT2D eigenvalue weighted by Gasteiger charge is 2.14. The third-order valence-electron chi connectivity index (χ3n) is 2.83. The molecule has 19 heavy (non-hydrogen) atoms. The number of aromatic nitrogens is 1. The summed E-state index contributed by atoms with van der Waals surface area (Å²) in [5, 5.41) is 9.04. The lowest BCUT2D eigenvalue weighted by Gasteiger charge is -2.10. The van der Waals surface area contributed by atoms with Gasteiger partial charge in [0, 0.05) is 24.4 Å². The Morgan fingerprint density at radius 3 is 2.63 bits per heavy atom. The van der Waals surface area contributed by atoms with Crippen LogP contribution in [-0.4, -0.2) is 22.8 Å². The first-order valence-corrected chi connectivity index (χ1v) is 5.62. The second kappa shape index (κ2) is 4.97. The van der Waals surface area contributed by atoms with E-state index in [9.17, 15) is 9.59 Å². The Hall–Kier alpha value is -2.56. The van der Waals surface area contributed by atoms with E-state index in [4.69, 9.17) is 9.84 Å². The smallest absolute Gasteiger partial charge is 0.341 e. The van der Waals surface area contributed by atoms with Crippen molar-refractivity contribution in [3.63, 3.8) is 0 Å². The van der Waals surface area contributed by atoms with E-state index in [2.05, 4.69) is 0 Å². The Bertz CT molecular complexity index is 688. The predicted octanol–water partition coefficient (Wildman–Crippen LogP) is 1.76. The summed E-state index contributed by atoms with van der Waals surface area (Å²) in [6.07, 6.45) is 1.59. The van der Waals surface area contributed by atoms with E-state index in [-0.39, 0.29) is 5.56 Å². The molecule has 0 atom stereocenters. The van der Waals surface area contributed by atoms with Crippen LogP contribution in [0.1, 0.15) is 10.4 Å². The summed E-state index contributed by atoms with van der Waals surface area (Å²) in [6, 6.07) is 8.60. The minimum Gasteiger partial charge on any atom is -0.496 e. The largest absolute Gasteiger partial charge is 0.496 e. The molecule has 0 aliphatic rings. The standard InChI is InChI=1S/C14H13NO4/c1-15-8-9(7-11(13(15)16)14(17)18)10-5-3-4-6-12(10)19-2/h3-8H,1-2H3,(H,17,18). The number of ether oxygens (including phenoxy) is 1. The summed E-state index contributed by atoms with van der Waals surface area (Å²) in [4.78, 5) is 22.8.